The summed E-state index contributed by atoms with van der Waals surface area (Å²) >= 11 is 0. The van der Waals surface area contributed by atoms with Crippen LogP contribution in [0.3, 0.4) is 0 Å². The van der Waals surface area contributed by atoms with Crippen LogP contribution in [-0.4, -0.2) is 36.1 Å². The van der Waals surface area contributed by atoms with Gasteiger partial charge in [0.1, 0.15) is 5.82 Å². The number of nitrogens with one attached hydrogen (secondary N) is 2. The number of esters is 1. The van der Waals surface area contributed by atoms with Crippen LogP contribution in [-0.2, 0) is 9.53 Å². The SMILES string of the molecule is CCOC(=O)c1ccnc(NCC(=O)NC2CC2)c1N. The average Bonchev–Trinajstić information content (AvgIpc) is 3.21. The summed E-state index contributed by atoms with van der Waals surface area (Å²) in [6.45, 7) is 2.06. The van der Waals surface area contributed by atoms with Gasteiger partial charge in [0.15, 0.2) is 0 Å². The van der Waals surface area contributed by atoms with Gasteiger partial charge in [0.25, 0.3) is 0 Å². The van der Waals surface area contributed by atoms with Crippen LogP contribution in [0.5, 0.6) is 0 Å². The summed E-state index contributed by atoms with van der Waals surface area (Å²) in [6, 6.07) is 1.79. The number of anilines is 2. The molecule has 7 heteroatoms. The molecule has 7 nitrogen and oxygen atoms in total. The van der Waals surface area contributed by atoms with Crippen LogP contribution in [0.4, 0.5) is 11.5 Å². The zero-order chi connectivity index (χ0) is 14.5. The Bertz CT molecular complexity index is 514. The van der Waals surface area contributed by atoms with E-state index in [-0.39, 0.29) is 30.3 Å². The fourth-order valence-corrected chi connectivity index (χ4v) is 1.67. The minimum Gasteiger partial charge on any atom is -0.462 e. The van der Waals surface area contributed by atoms with Crippen LogP contribution in [0, 0.1) is 0 Å². The van der Waals surface area contributed by atoms with Crippen LogP contribution in [0.2, 0.25) is 0 Å². The topological polar surface area (TPSA) is 106 Å². The Labute approximate surface area is 116 Å². The first-order chi connectivity index (χ1) is 9.61. The largest absolute Gasteiger partial charge is 0.462 e. The van der Waals surface area contributed by atoms with Gasteiger partial charge in [-0.1, -0.05) is 0 Å². The van der Waals surface area contributed by atoms with Crippen molar-refractivity contribution in [3.63, 3.8) is 0 Å². The molecule has 1 fully saturated rings. The Kier molecular flexibility index (Phi) is 4.39. The van der Waals surface area contributed by atoms with Crippen LogP contribution < -0.4 is 16.4 Å². The van der Waals surface area contributed by atoms with Gasteiger partial charge in [-0.3, -0.25) is 4.79 Å². The molecule has 0 aromatic carbocycles. The molecule has 1 saturated carbocycles. The Morgan fingerprint density at radius 1 is 1.50 bits per heavy atom. The molecule has 2 rings (SSSR count). The van der Waals surface area contributed by atoms with E-state index in [4.69, 9.17) is 10.5 Å². The van der Waals surface area contributed by atoms with E-state index >= 15 is 0 Å². The van der Waals surface area contributed by atoms with E-state index in [1.54, 1.807) is 6.92 Å². The second kappa shape index (κ2) is 6.23. The molecule has 4 N–H and O–H groups in total. The van der Waals surface area contributed by atoms with Gasteiger partial charge in [0, 0.05) is 12.2 Å². The highest BCUT2D eigenvalue weighted by Gasteiger charge is 2.23. The Morgan fingerprint density at radius 2 is 2.25 bits per heavy atom. The predicted octanol–water partition coefficient (Wildman–Crippen LogP) is 0.531. The third-order valence-electron chi connectivity index (χ3n) is 2.84. The number of carbonyl (C=O) groups is 2. The molecule has 1 aromatic heterocycles. The number of pyridine rings is 1. The van der Waals surface area contributed by atoms with Gasteiger partial charge < -0.3 is 21.1 Å². The van der Waals surface area contributed by atoms with Crippen molar-refractivity contribution in [1.29, 1.82) is 0 Å². The molecule has 0 unspecified atom stereocenters. The van der Waals surface area contributed by atoms with Crippen molar-refractivity contribution in [3.05, 3.63) is 17.8 Å². The molecule has 1 aliphatic carbocycles. The number of amides is 1. The summed E-state index contributed by atoms with van der Waals surface area (Å²) < 4.78 is 4.90. The van der Waals surface area contributed by atoms with E-state index in [1.807, 2.05) is 0 Å². The van der Waals surface area contributed by atoms with Crippen molar-refractivity contribution in [2.75, 3.05) is 24.2 Å². The van der Waals surface area contributed by atoms with Gasteiger partial charge in [0.2, 0.25) is 5.91 Å². The van der Waals surface area contributed by atoms with Crippen molar-refractivity contribution < 1.29 is 14.3 Å². The molecular formula is C13H18N4O3. The van der Waals surface area contributed by atoms with Crippen molar-refractivity contribution in [2.24, 2.45) is 0 Å². The first-order valence-corrected chi connectivity index (χ1v) is 6.56. The molecule has 1 heterocycles. The maximum absolute atomic E-state index is 11.7. The van der Waals surface area contributed by atoms with Crippen LogP contribution in [0.15, 0.2) is 12.3 Å². The van der Waals surface area contributed by atoms with Gasteiger partial charge in [-0.05, 0) is 25.8 Å². The Morgan fingerprint density at radius 3 is 2.90 bits per heavy atom. The molecule has 0 saturated heterocycles. The molecular weight excluding hydrogens is 260 g/mol. The molecule has 0 spiro atoms. The lowest BCUT2D eigenvalue weighted by atomic mass is 10.2. The van der Waals surface area contributed by atoms with Crippen molar-refractivity contribution in [3.8, 4) is 0 Å². The van der Waals surface area contributed by atoms with Crippen molar-refractivity contribution >= 4 is 23.4 Å². The van der Waals surface area contributed by atoms with E-state index in [1.165, 1.54) is 12.3 Å². The average molecular weight is 278 g/mol. The van der Waals surface area contributed by atoms with E-state index < -0.39 is 5.97 Å². The third-order valence-corrected chi connectivity index (χ3v) is 2.84. The quantitative estimate of drug-likeness (QED) is 0.655. The first kappa shape index (κ1) is 14.1. The highest BCUT2D eigenvalue weighted by Crippen LogP contribution is 2.21. The van der Waals surface area contributed by atoms with Crippen LogP contribution in [0.25, 0.3) is 0 Å². The Hall–Kier alpha value is -2.31. The molecule has 1 aliphatic rings. The number of aromatic nitrogens is 1. The molecule has 0 aliphatic heterocycles. The summed E-state index contributed by atoms with van der Waals surface area (Å²) in [6.07, 6.45) is 3.51. The summed E-state index contributed by atoms with van der Waals surface area (Å²) in [5.74, 6) is -0.311. The fourth-order valence-electron chi connectivity index (χ4n) is 1.67. The van der Waals surface area contributed by atoms with Crippen LogP contribution >= 0.6 is 0 Å². The highest BCUT2D eigenvalue weighted by atomic mass is 16.5. The maximum atomic E-state index is 11.7. The lowest BCUT2D eigenvalue weighted by Gasteiger charge is -2.11. The minimum absolute atomic E-state index is 0.0694. The van der Waals surface area contributed by atoms with E-state index in [0.717, 1.165) is 12.8 Å². The zero-order valence-electron chi connectivity index (χ0n) is 11.3. The molecule has 0 bridgehead atoms. The summed E-state index contributed by atoms with van der Waals surface area (Å²) in [5, 5.41) is 5.67. The maximum Gasteiger partial charge on any atom is 0.340 e. The smallest absolute Gasteiger partial charge is 0.340 e. The van der Waals surface area contributed by atoms with Crippen molar-refractivity contribution in [1.82, 2.24) is 10.3 Å². The Balaban J connectivity index is 1.98. The van der Waals surface area contributed by atoms with E-state index in [2.05, 4.69) is 15.6 Å². The number of hydrogen-bond acceptors (Lipinski definition) is 6. The standard InChI is InChI=1S/C13H18N4O3/c1-2-20-13(19)9-5-6-15-12(11(9)14)16-7-10(18)17-8-3-4-8/h5-6,8H,2-4,7,14H2,1H3,(H,15,16)(H,17,18). The number of nitrogens with two attached hydrogens (primary N) is 1. The number of rotatable bonds is 6. The number of nitrogen functional groups attached to an aromatic ring is 1. The van der Waals surface area contributed by atoms with Gasteiger partial charge in [-0.15, -0.1) is 0 Å². The normalized spacial score (nSPS) is 13.7. The van der Waals surface area contributed by atoms with Gasteiger partial charge >= 0.3 is 5.97 Å². The molecule has 108 valence electrons. The molecule has 20 heavy (non-hydrogen) atoms. The predicted molar refractivity (Wildman–Crippen MR) is 74.3 cm³/mol. The second-order valence-electron chi connectivity index (χ2n) is 4.54. The molecule has 1 aromatic rings. The van der Waals surface area contributed by atoms with Crippen molar-refractivity contribution in [2.45, 2.75) is 25.8 Å². The monoisotopic (exact) mass is 278 g/mol. The zero-order valence-corrected chi connectivity index (χ0v) is 11.3. The number of nitrogens with zero attached hydrogens (tertiary/aromatic N) is 1. The summed E-state index contributed by atoms with van der Waals surface area (Å²) in [5.41, 5.74) is 6.28. The minimum atomic E-state index is -0.502. The van der Waals surface area contributed by atoms with Gasteiger partial charge in [-0.2, -0.15) is 0 Å². The number of carbonyl (C=O) groups excluding carboxylic acids is 2. The molecule has 0 radical (unpaired) electrons. The number of hydrogen-bond donors (Lipinski definition) is 3. The number of ether oxygens (including phenoxy) is 1. The second-order valence-corrected chi connectivity index (χ2v) is 4.54. The van der Waals surface area contributed by atoms with Gasteiger partial charge in [0.05, 0.1) is 24.4 Å². The molecule has 0 atom stereocenters. The lowest BCUT2D eigenvalue weighted by molar-refractivity contribution is -0.119. The summed E-state index contributed by atoms with van der Waals surface area (Å²) in [4.78, 5) is 27.3. The van der Waals surface area contributed by atoms with E-state index in [0.29, 0.717) is 11.9 Å². The first-order valence-electron chi connectivity index (χ1n) is 6.56. The fraction of sp³-hybridized carbons (Fsp3) is 0.462. The van der Waals surface area contributed by atoms with Crippen LogP contribution in [0.1, 0.15) is 30.1 Å². The third kappa shape index (κ3) is 3.59. The highest BCUT2D eigenvalue weighted by molar-refractivity contribution is 5.97. The van der Waals surface area contributed by atoms with Gasteiger partial charge in [-0.25, -0.2) is 9.78 Å². The molecule has 1 amide bonds. The summed E-state index contributed by atoms with van der Waals surface area (Å²) in [7, 11) is 0. The van der Waals surface area contributed by atoms with E-state index in [9.17, 15) is 9.59 Å². The lowest BCUT2D eigenvalue weighted by Crippen LogP contribution is -2.31.